The van der Waals surface area contributed by atoms with Crippen LogP contribution in [0.25, 0.3) is 0 Å². The van der Waals surface area contributed by atoms with Gasteiger partial charge in [-0.05, 0) is 33.6 Å². The molecule has 0 heterocycles. The SMILES string of the molecule is CC[NH+](CC)C(C(=O)NC1CCCC1)c1ccc(C)cc1. The third-order valence-corrected chi connectivity index (χ3v) is 4.69. The second-order valence-corrected chi connectivity index (χ2v) is 6.20. The zero-order valence-corrected chi connectivity index (χ0v) is 13.6. The van der Waals surface area contributed by atoms with Gasteiger partial charge in [-0.1, -0.05) is 42.7 Å². The fourth-order valence-electron chi connectivity index (χ4n) is 3.34. The summed E-state index contributed by atoms with van der Waals surface area (Å²) in [4.78, 5) is 14.1. The van der Waals surface area contributed by atoms with Crippen molar-refractivity contribution in [3.63, 3.8) is 0 Å². The maximum Gasteiger partial charge on any atom is 0.283 e. The number of amides is 1. The normalized spacial score (nSPS) is 17.1. The van der Waals surface area contributed by atoms with Crippen LogP contribution in [-0.2, 0) is 4.79 Å². The molecule has 2 N–H and O–H groups in total. The van der Waals surface area contributed by atoms with Gasteiger partial charge in [0, 0.05) is 11.6 Å². The molecule has 21 heavy (non-hydrogen) atoms. The van der Waals surface area contributed by atoms with Crippen LogP contribution in [0.2, 0.25) is 0 Å². The maximum absolute atomic E-state index is 12.8. The number of quaternary nitrogens is 1. The van der Waals surface area contributed by atoms with Crippen LogP contribution in [0.3, 0.4) is 0 Å². The van der Waals surface area contributed by atoms with Crippen LogP contribution in [0.15, 0.2) is 24.3 Å². The molecule has 1 fully saturated rings. The number of likely N-dealkylation sites (N-methyl/N-ethyl adjacent to an activating group) is 1. The van der Waals surface area contributed by atoms with E-state index in [9.17, 15) is 4.79 Å². The molecule has 0 aromatic heterocycles. The first-order chi connectivity index (χ1) is 10.2. The average molecular weight is 289 g/mol. The molecule has 0 saturated heterocycles. The number of carbonyl (C=O) groups excluding carboxylic acids is 1. The van der Waals surface area contributed by atoms with Gasteiger partial charge >= 0.3 is 0 Å². The van der Waals surface area contributed by atoms with Crippen molar-refractivity contribution in [2.75, 3.05) is 13.1 Å². The monoisotopic (exact) mass is 289 g/mol. The van der Waals surface area contributed by atoms with Gasteiger partial charge in [0.25, 0.3) is 5.91 Å². The molecule has 116 valence electrons. The van der Waals surface area contributed by atoms with E-state index in [0.29, 0.717) is 6.04 Å². The molecule has 1 unspecified atom stereocenters. The summed E-state index contributed by atoms with van der Waals surface area (Å²) in [7, 11) is 0. The van der Waals surface area contributed by atoms with Crippen molar-refractivity contribution in [3.05, 3.63) is 35.4 Å². The Labute approximate surface area is 128 Å². The van der Waals surface area contributed by atoms with Crippen LogP contribution in [0.4, 0.5) is 0 Å². The van der Waals surface area contributed by atoms with Gasteiger partial charge in [-0.15, -0.1) is 0 Å². The van der Waals surface area contributed by atoms with Gasteiger partial charge in [0.05, 0.1) is 13.1 Å². The van der Waals surface area contributed by atoms with E-state index in [1.165, 1.54) is 23.3 Å². The number of hydrogen-bond donors (Lipinski definition) is 2. The van der Waals surface area contributed by atoms with Crippen LogP contribution >= 0.6 is 0 Å². The van der Waals surface area contributed by atoms with Crippen LogP contribution in [0, 0.1) is 6.92 Å². The van der Waals surface area contributed by atoms with Crippen LogP contribution in [0.1, 0.15) is 56.7 Å². The summed E-state index contributed by atoms with van der Waals surface area (Å²) in [6, 6.07) is 8.74. The Morgan fingerprint density at radius 1 is 1.19 bits per heavy atom. The quantitative estimate of drug-likeness (QED) is 0.825. The molecule has 0 bridgehead atoms. The van der Waals surface area contributed by atoms with E-state index >= 15 is 0 Å². The van der Waals surface area contributed by atoms with Crippen molar-refractivity contribution in [3.8, 4) is 0 Å². The molecule has 1 aliphatic rings. The molecule has 3 nitrogen and oxygen atoms in total. The van der Waals surface area contributed by atoms with Crippen molar-refractivity contribution >= 4 is 5.91 Å². The molecule has 0 radical (unpaired) electrons. The van der Waals surface area contributed by atoms with E-state index in [-0.39, 0.29) is 11.9 Å². The summed E-state index contributed by atoms with van der Waals surface area (Å²) in [6.07, 6.45) is 4.77. The predicted octanol–water partition coefficient (Wildman–Crippen LogP) is 2.02. The summed E-state index contributed by atoms with van der Waals surface area (Å²) in [6.45, 7) is 8.33. The zero-order valence-electron chi connectivity index (χ0n) is 13.6. The molecule has 1 aliphatic carbocycles. The Balaban J connectivity index is 2.18. The minimum Gasteiger partial charge on any atom is -0.348 e. The first-order valence-electron chi connectivity index (χ1n) is 8.37. The Morgan fingerprint density at radius 3 is 2.29 bits per heavy atom. The lowest BCUT2D eigenvalue weighted by molar-refractivity contribution is -0.918. The van der Waals surface area contributed by atoms with Crippen molar-refractivity contribution in [2.24, 2.45) is 0 Å². The summed E-state index contributed by atoms with van der Waals surface area (Å²) in [5.74, 6) is 0.199. The Bertz CT molecular complexity index is 445. The highest BCUT2D eigenvalue weighted by Gasteiger charge is 2.31. The van der Waals surface area contributed by atoms with Gasteiger partial charge < -0.3 is 10.2 Å². The standard InChI is InChI=1S/C18H28N2O/c1-4-20(5-2)17(15-12-10-14(3)11-13-15)18(21)19-16-8-6-7-9-16/h10-13,16-17H,4-9H2,1-3H3,(H,19,21)/p+1. The molecular formula is C18H29N2O+. The number of carbonyl (C=O) groups is 1. The smallest absolute Gasteiger partial charge is 0.283 e. The fourth-order valence-corrected chi connectivity index (χ4v) is 3.34. The number of rotatable bonds is 6. The first kappa shape index (κ1) is 16.0. The van der Waals surface area contributed by atoms with Gasteiger partial charge in [0.2, 0.25) is 0 Å². The number of aryl methyl sites for hydroxylation is 1. The highest BCUT2D eigenvalue weighted by Crippen LogP contribution is 2.19. The molecule has 3 heteroatoms. The molecule has 0 spiro atoms. The largest absolute Gasteiger partial charge is 0.348 e. The van der Waals surface area contributed by atoms with E-state index in [2.05, 4.69) is 50.4 Å². The molecular weight excluding hydrogens is 260 g/mol. The molecule has 1 saturated carbocycles. The third kappa shape index (κ3) is 4.07. The molecule has 1 atom stereocenters. The van der Waals surface area contributed by atoms with E-state index in [4.69, 9.17) is 0 Å². The topological polar surface area (TPSA) is 33.5 Å². The summed E-state index contributed by atoms with van der Waals surface area (Å²) >= 11 is 0. The van der Waals surface area contributed by atoms with E-state index < -0.39 is 0 Å². The van der Waals surface area contributed by atoms with Crippen LogP contribution in [0.5, 0.6) is 0 Å². The summed E-state index contributed by atoms with van der Waals surface area (Å²) in [5, 5.41) is 3.28. The molecule has 1 amide bonds. The highest BCUT2D eigenvalue weighted by molar-refractivity contribution is 5.82. The molecule has 1 aromatic rings. The second kappa shape index (κ2) is 7.60. The number of nitrogens with one attached hydrogen (secondary N) is 2. The summed E-state index contributed by atoms with van der Waals surface area (Å²) < 4.78 is 0. The van der Waals surface area contributed by atoms with Crippen molar-refractivity contribution < 1.29 is 9.69 Å². The van der Waals surface area contributed by atoms with Gasteiger partial charge in [-0.3, -0.25) is 4.79 Å². The first-order valence-corrected chi connectivity index (χ1v) is 8.37. The maximum atomic E-state index is 12.8. The molecule has 2 rings (SSSR count). The lowest BCUT2D eigenvalue weighted by atomic mass is 10.0. The van der Waals surface area contributed by atoms with E-state index in [1.807, 2.05) is 0 Å². The van der Waals surface area contributed by atoms with Crippen molar-refractivity contribution in [1.29, 1.82) is 0 Å². The minimum atomic E-state index is -0.0822. The van der Waals surface area contributed by atoms with Crippen molar-refractivity contribution in [1.82, 2.24) is 5.32 Å². The Kier molecular flexibility index (Phi) is 5.80. The lowest BCUT2D eigenvalue weighted by Crippen LogP contribution is -3.12. The molecule has 0 aliphatic heterocycles. The second-order valence-electron chi connectivity index (χ2n) is 6.20. The number of hydrogen-bond acceptors (Lipinski definition) is 1. The van der Waals surface area contributed by atoms with Gasteiger partial charge in [-0.2, -0.15) is 0 Å². The van der Waals surface area contributed by atoms with Crippen LogP contribution in [-0.4, -0.2) is 25.0 Å². The highest BCUT2D eigenvalue weighted by atomic mass is 16.2. The third-order valence-electron chi connectivity index (χ3n) is 4.69. The van der Waals surface area contributed by atoms with E-state index in [0.717, 1.165) is 31.5 Å². The average Bonchev–Trinajstić information content (AvgIpc) is 2.98. The Morgan fingerprint density at radius 2 is 1.76 bits per heavy atom. The van der Waals surface area contributed by atoms with Gasteiger partial charge in [0.1, 0.15) is 0 Å². The minimum absolute atomic E-state index is 0.0822. The van der Waals surface area contributed by atoms with Gasteiger partial charge in [-0.25, -0.2) is 0 Å². The lowest BCUT2D eigenvalue weighted by Gasteiger charge is -2.27. The predicted molar refractivity (Wildman–Crippen MR) is 86.4 cm³/mol. The molecule has 1 aromatic carbocycles. The van der Waals surface area contributed by atoms with E-state index in [1.54, 1.807) is 0 Å². The van der Waals surface area contributed by atoms with Gasteiger partial charge in [0.15, 0.2) is 6.04 Å². The zero-order chi connectivity index (χ0) is 15.2. The Hall–Kier alpha value is -1.35. The van der Waals surface area contributed by atoms with Crippen LogP contribution < -0.4 is 10.2 Å². The summed E-state index contributed by atoms with van der Waals surface area (Å²) in [5.41, 5.74) is 2.37. The number of benzene rings is 1. The van der Waals surface area contributed by atoms with Crippen molar-refractivity contribution in [2.45, 2.75) is 58.5 Å². The fraction of sp³-hybridized carbons (Fsp3) is 0.611.